The van der Waals surface area contributed by atoms with Gasteiger partial charge in [-0.3, -0.25) is 9.59 Å². The summed E-state index contributed by atoms with van der Waals surface area (Å²) in [5.74, 6) is -0.517. The minimum atomic E-state index is -0.557. The van der Waals surface area contributed by atoms with Gasteiger partial charge >= 0.3 is 0 Å². The summed E-state index contributed by atoms with van der Waals surface area (Å²) >= 11 is 1.50. The number of carbonyl (C=O) groups excluding carboxylic acids is 2. The van der Waals surface area contributed by atoms with Crippen molar-refractivity contribution in [2.75, 3.05) is 18.4 Å². The van der Waals surface area contributed by atoms with E-state index >= 15 is 0 Å². The second kappa shape index (κ2) is 8.73. The summed E-state index contributed by atoms with van der Waals surface area (Å²) in [6.45, 7) is 8.30. The Bertz CT molecular complexity index is 986. The highest BCUT2D eigenvalue weighted by atomic mass is 32.1. The zero-order chi connectivity index (χ0) is 22.2. The van der Waals surface area contributed by atoms with Crippen LogP contribution < -0.4 is 5.32 Å². The number of rotatable bonds is 3. The van der Waals surface area contributed by atoms with Gasteiger partial charge < -0.3 is 10.2 Å². The Balaban J connectivity index is 1.69. The van der Waals surface area contributed by atoms with E-state index in [1.807, 2.05) is 4.90 Å². The smallest absolute Gasteiger partial charge is 0.259 e. The SMILES string of the molecule is CC(C)(C)[C@@H]1CCc2c(sc(NC(=O)c3ccccc3F)c2C(=O)N2CCCCC2)C1. The Morgan fingerprint density at radius 3 is 2.52 bits per heavy atom. The number of nitrogens with one attached hydrogen (secondary N) is 1. The number of likely N-dealkylation sites (tertiary alicyclic amines) is 1. The fourth-order valence-corrected chi connectivity index (χ4v) is 6.02. The van der Waals surface area contributed by atoms with Crippen LogP contribution >= 0.6 is 11.3 Å². The Morgan fingerprint density at radius 2 is 1.84 bits per heavy atom. The second-order valence-electron chi connectivity index (χ2n) is 9.80. The van der Waals surface area contributed by atoms with Crippen molar-refractivity contribution in [3.63, 3.8) is 0 Å². The Labute approximate surface area is 187 Å². The highest BCUT2D eigenvalue weighted by Crippen LogP contribution is 2.45. The number of thiophene rings is 1. The van der Waals surface area contributed by atoms with Gasteiger partial charge in [-0.05, 0) is 67.6 Å². The van der Waals surface area contributed by atoms with E-state index in [0.29, 0.717) is 16.5 Å². The standard InChI is InChI=1S/C25H31FN2O2S/c1-25(2,3)16-11-12-18-20(15-16)31-23(21(18)24(30)28-13-7-4-8-14-28)27-22(29)17-9-5-6-10-19(17)26/h5-6,9-10,16H,4,7-8,11-15H2,1-3H3,(H,27,29)/t16-/m1/s1. The van der Waals surface area contributed by atoms with Gasteiger partial charge in [0.2, 0.25) is 0 Å². The third-order valence-corrected chi connectivity index (χ3v) is 7.86. The molecule has 0 unspecified atom stereocenters. The summed E-state index contributed by atoms with van der Waals surface area (Å²) in [6, 6.07) is 5.96. The molecule has 4 rings (SSSR count). The molecule has 6 heteroatoms. The third-order valence-electron chi connectivity index (χ3n) is 6.69. The predicted octanol–water partition coefficient (Wildman–Crippen LogP) is 5.92. The molecule has 2 heterocycles. The topological polar surface area (TPSA) is 49.4 Å². The van der Waals surface area contributed by atoms with Gasteiger partial charge in [0.1, 0.15) is 10.8 Å². The second-order valence-corrected chi connectivity index (χ2v) is 10.9. The number of nitrogens with zero attached hydrogens (tertiary/aromatic N) is 1. The molecule has 1 N–H and O–H groups in total. The molecule has 0 bridgehead atoms. The fourth-order valence-electron chi connectivity index (χ4n) is 4.71. The van der Waals surface area contributed by atoms with Gasteiger partial charge in [-0.25, -0.2) is 4.39 Å². The molecule has 1 aliphatic heterocycles. The molecular weight excluding hydrogens is 411 g/mol. The van der Waals surface area contributed by atoms with Gasteiger partial charge in [-0.1, -0.05) is 32.9 Å². The van der Waals surface area contributed by atoms with Gasteiger partial charge in [-0.15, -0.1) is 11.3 Å². The predicted molar refractivity (Wildman–Crippen MR) is 123 cm³/mol. The lowest BCUT2D eigenvalue weighted by atomic mass is 9.72. The molecular formula is C25H31FN2O2S. The van der Waals surface area contributed by atoms with Crippen LogP contribution in [0.25, 0.3) is 0 Å². The van der Waals surface area contributed by atoms with E-state index in [9.17, 15) is 14.0 Å². The number of hydrogen-bond acceptors (Lipinski definition) is 3. The van der Waals surface area contributed by atoms with Gasteiger partial charge in [0.25, 0.3) is 11.8 Å². The maximum atomic E-state index is 14.2. The first-order chi connectivity index (χ1) is 14.8. The van der Waals surface area contributed by atoms with Gasteiger partial charge in [0.05, 0.1) is 11.1 Å². The van der Waals surface area contributed by atoms with Crippen LogP contribution in [0.15, 0.2) is 24.3 Å². The first-order valence-corrected chi connectivity index (χ1v) is 12.1. The minimum absolute atomic E-state index is 0.00203. The van der Waals surface area contributed by atoms with E-state index in [1.54, 1.807) is 12.1 Å². The third kappa shape index (κ3) is 4.54. The summed E-state index contributed by atoms with van der Waals surface area (Å²) in [4.78, 5) is 29.5. The quantitative estimate of drug-likeness (QED) is 0.642. The molecule has 31 heavy (non-hydrogen) atoms. The molecule has 166 valence electrons. The highest BCUT2D eigenvalue weighted by molar-refractivity contribution is 7.17. The largest absolute Gasteiger partial charge is 0.339 e. The Morgan fingerprint density at radius 1 is 1.13 bits per heavy atom. The van der Waals surface area contributed by atoms with E-state index in [4.69, 9.17) is 0 Å². The van der Waals surface area contributed by atoms with E-state index in [0.717, 1.165) is 57.2 Å². The van der Waals surface area contributed by atoms with Crippen LogP contribution in [0, 0.1) is 17.2 Å². The molecule has 1 atom stereocenters. The normalized spacial score (nSPS) is 19.1. The average Bonchev–Trinajstić information content (AvgIpc) is 3.10. The van der Waals surface area contributed by atoms with Crippen LogP contribution in [0.5, 0.6) is 0 Å². The summed E-state index contributed by atoms with van der Waals surface area (Å²) in [5, 5.41) is 3.46. The number of benzene rings is 1. The van der Waals surface area contributed by atoms with E-state index in [2.05, 4.69) is 26.1 Å². The van der Waals surface area contributed by atoms with Crippen LogP contribution in [0.2, 0.25) is 0 Å². The molecule has 2 aromatic rings. The van der Waals surface area contributed by atoms with Crippen molar-refractivity contribution in [1.29, 1.82) is 0 Å². The number of amides is 2. The van der Waals surface area contributed by atoms with Crippen molar-refractivity contribution < 1.29 is 14.0 Å². The Kier molecular flexibility index (Phi) is 6.20. The number of hydrogen-bond donors (Lipinski definition) is 1. The molecule has 0 spiro atoms. The summed E-state index contributed by atoms with van der Waals surface area (Å²) in [7, 11) is 0. The molecule has 1 aliphatic carbocycles. The molecule has 2 amide bonds. The van der Waals surface area contributed by atoms with E-state index in [1.165, 1.54) is 28.3 Å². The number of piperidine rings is 1. The Hall–Kier alpha value is -2.21. The van der Waals surface area contributed by atoms with Gasteiger partial charge in [0, 0.05) is 18.0 Å². The van der Waals surface area contributed by atoms with Crippen LogP contribution in [-0.2, 0) is 12.8 Å². The lowest BCUT2D eigenvalue weighted by molar-refractivity contribution is 0.0724. The van der Waals surface area contributed by atoms with E-state index in [-0.39, 0.29) is 16.9 Å². The number of fused-ring (bicyclic) bond motifs is 1. The van der Waals surface area contributed by atoms with Crippen molar-refractivity contribution in [2.45, 2.75) is 59.3 Å². The number of carbonyl (C=O) groups is 2. The van der Waals surface area contributed by atoms with Crippen molar-refractivity contribution in [1.82, 2.24) is 4.90 Å². The minimum Gasteiger partial charge on any atom is -0.339 e. The van der Waals surface area contributed by atoms with Crippen LogP contribution in [0.3, 0.4) is 0 Å². The molecule has 0 saturated carbocycles. The van der Waals surface area contributed by atoms with E-state index < -0.39 is 11.7 Å². The molecule has 2 aliphatic rings. The monoisotopic (exact) mass is 442 g/mol. The first-order valence-electron chi connectivity index (χ1n) is 11.3. The lowest BCUT2D eigenvalue weighted by Crippen LogP contribution is -2.36. The highest BCUT2D eigenvalue weighted by Gasteiger charge is 2.35. The van der Waals surface area contributed by atoms with Crippen LogP contribution in [0.1, 0.15) is 77.6 Å². The van der Waals surface area contributed by atoms with Crippen molar-refractivity contribution in [3.8, 4) is 0 Å². The van der Waals surface area contributed by atoms with Crippen molar-refractivity contribution >= 4 is 28.2 Å². The maximum absolute atomic E-state index is 14.2. The fraction of sp³-hybridized carbons (Fsp3) is 0.520. The number of anilines is 1. The lowest BCUT2D eigenvalue weighted by Gasteiger charge is -2.34. The summed E-state index contributed by atoms with van der Waals surface area (Å²) in [5.41, 5.74) is 1.91. The molecule has 1 fully saturated rings. The van der Waals surface area contributed by atoms with Gasteiger partial charge in [0.15, 0.2) is 0 Å². The zero-order valence-corrected chi connectivity index (χ0v) is 19.4. The molecule has 4 nitrogen and oxygen atoms in total. The molecule has 0 radical (unpaired) electrons. The number of halogens is 1. The van der Waals surface area contributed by atoms with Gasteiger partial charge in [-0.2, -0.15) is 0 Å². The summed E-state index contributed by atoms with van der Waals surface area (Å²) in [6.07, 6.45) is 5.98. The first kappa shape index (κ1) is 22.0. The summed E-state index contributed by atoms with van der Waals surface area (Å²) < 4.78 is 14.2. The molecule has 1 aromatic carbocycles. The average molecular weight is 443 g/mol. The van der Waals surface area contributed by atoms with Crippen molar-refractivity contribution in [3.05, 3.63) is 51.7 Å². The van der Waals surface area contributed by atoms with Crippen LogP contribution in [-0.4, -0.2) is 29.8 Å². The van der Waals surface area contributed by atoms with Crippen LogP contribution in [0.4, 0.5) is 9.39 Å². The molecule has 1 saturated heterocycles. The van der Waals surface area contributed by atoms with Crippen molar-refractivity contribution in [2.24, 2.45) is 11.3 Å². The maximum Gasteiger partial charge on any atom is 0.259 e. The molecule has 1 aromatic heterocycles. The zero-order valence-electron chi connectivity index (χ0n) is 18.6.